The summed E-state index contributed by atoms with van der Waals surface area (Å²) in [6.45, 7) is 2.59. The lowest BCUT2D eigenvalue weighted by molar-refractivity contribution is -0.163. The topological polar surface area (TPSA) is 143 Å². The lowest BCUT2D eigenvalue weighted by atomic mass is 9.95. The van der Waals surface area contributed by atoms with Crippen molar-refractivity contribution in [1.82, 2.24) is 44.9 Å². The molecular formula is C52H57N9O4. The summed E-state index contributed by atoms with van der Waals surface area (Å²) in [5, 5.41) is 3.12. The Kier molecular flexibility index (Phi) is 11.7. The molecule has 0 bridgehead atoms. The van der Waals surface area contributed by atoms with Gasteiger partial charge in [0, 0.05) is 38.4 Å². The molecule has 5 heterocycles. The van der Waals surface area contributed by atoms with Crippen LogP contribution in [0.2, 0.25) is 0 Å². The zero-order valence-corrected chi connectivity index (χ0v) is 37.3. The van der Waals surface area contributed by atoms with Crippen molar-refractivity contribution in [3.63, 3.8) is 0 Å². The second-order valence-corrected chi connectivity index (χ2v) is 18.4. The molecule has 1 spiro atoms. The maximum absolute atomic E-state index is 14.9. The second-order valence-electron chi connectivity index (χ2n) is 18.4. The lowest BCUT2D eigenvalue weighted by Gasteiger charge is -2.44. The number of nitrogens with zero attached hydrogens (tertiary/aromatic N) is 6. The standard InChI is InChI=1S/C52H57N9O4/c1-58(2)46(39-13-8-5-9-14-39)51(64)60-28-10-15-43(60)47-53-31-41(55-47)36-20-16-34(17-21-36)35-18-22-37(23-19-35)42-32-54-48(56-42)44-33-65-52(26-29-59(3)30-27-52)61(44)50(63)45(38-11-6-4-7-12-38)57-49(62)40-24-25-40/h4-9,11-14,16-23,31-32,40,43-46H,10,15,24-30,33H2,1-3H3,(H,53,55)(H,54,56)(H,57,62)/t43-,44-,45+,46+/m0/s1. The highest BCUT2D eigenvalue weighted by molar-refractivity contribution is 5.91. The van der Waals surface area contributed by atoms with Crippen molar-refractivity contribution < 1.29 is 19.1 Å². The van der Waals surface area contributed by atoms with Crippen LogP contribution in [-0.2, 0) is 19.1 Å². The van der Waals surface area contributed by atoms with Crippen molar-refractivity contribution in [1.29, 1.82) is 0 Å². The maximum Gasteiger partial charge on any atom is 0.252 e. The van der Waals surface area contributed by atoms with Crippen LogP contribution in [0.25, 0.3) is 33.6 Å². The highest BCUT2D eigenvalue weighted by atomic mass is 16.5. The normalized spacial score (nSPS) is 20.6. The van der Waals surface area contributed by atoms with Crippen molar-refractivity contribution >= 4 is 17.7 Å². The van der Waals surface area contributed by atoms with E-state index >= 15 is 0 Å². The van der Waals surface area contributed by atoms with E-state index in [0.717, 1.165) is 89.4 Å². The molecule has 4 fully saturated rings. The van der Waals surface area contributed by atoms with E-state index in [0.29, 0.717) is 31.8 Å². The van der Waals surface area contributed by atoms with Crippen LogP contribution in [0.1, 0.15) is 85.5 Å². The highest BCUT2D eigenvalue weighted by Gasteiger charge is 2.54. The molecule has 2 aromatic heterocycles. The predicted octanol–water partition coefficient (Wildman–Crippen LogP) is 7.69. The van der Waals surface area contributed by atoms with E-state index in [-0.39, 0.29) is 35.7 Å². The van der Waals surface area contributed by atoms with Crippen LogP contribution in [0.5, 0.6) is 0 Å². The van der Waals surface area contributed by atoms with Gasteiger partial charge in [-0.1, -0.05) is 109 Å². The molecule has 0 unspecified atom stereocenters. The van der Waals surface area contributed by atoms with Gasteiger partial charge in [-0.05, 0) is 80.2 Å². The average molecular weight is 872 g/mol. The van der Waals surface area contributed by atoms with E-state index in [2.05, 4.69) is 75.8 Å². The van der Waals surface area contributed by atoms with Gasteiger partial charge in [0.2, 0.25) is 11.8 Å². The summed E-state index contributed by atoms with van der Waals surface area (Å²) in [4.78, 5) is 67.0. The summed E-state index contributed by atoms with van der Waals surface area (Å²) < 4.78 is 6.65. The van der Waals surface area contributed by atoms with Crippen molar-refractivity contribution in [2.24, 2.45) is 5.92 Å². The number of piperidine rings is 1. The summed E-state index contributed by atoms with van der Waals surface area (Å²) in [5.41, 5.74) is 6.84. The number of carbonyl (C=O) groups is 3. The number of hydrogen-bond donors (Lipinski definition) is 3. The van der Waals surface area contributed by atoms with Gasteiger partial charge < -0.3 is 29.8 Å². The van der Waals surface area contributed by atoms with Gasteiger partial charge in [-0.3, -0.25) is 24.2 Å². The molecule has 65 heavy (non-hydrogen) atoms. The molecule has 3 N–H and O–H groups in total. The van der Waals surface area contributed by atoms with Crippen molar-refractivity contribution in [2.75, 3.05) is 47.4 Å². The van der Waals surface area contributed by atoms with Gasteiger partial charge in [-0.25, -0.2) is 9.97 Å². The van der Waals surface area contributed by atoms with Crippen LogP contribution in [0, 0.1) is 5.92 Å². The Morgan fingerprint density at radius 1 is 0.692 bits per heavy atom. The monoisotopic (exact) mass is 871 g/mol. The number of amides is 3. The number of aromatic nitrogens is 4. The van der Waals surface area contributed by atoms with E-state index < -0.39 is 17.8 Å². The molecule has 3 aliphatic heterocycles. The highest BCUT2D eigenvalue weighted by Crippen LogP contribution is 2.45. The molecule has 1 aliphatic carbocycles. The first-order valence-corrected chi connectivity index (χ1v) is 23.0. The van der Waals surface area contributed by atoms with Gasteiger partial charge in [-0.2, -0.15) is 0 Å². The van der Waals surface area contributed by atoms with E-state index in [4.69, 9.17) is 14.7 Å². The number of aromatic amines is 2. The van der Waals surface area contributed by atoms with E-state index in [1.807, 2.05) is 102 Å². The second kappa shape index (κ2) is 17.9. The number of hydrogen-bond acceptors (Lipinski definition) is 8. The third kappa shape index (κ3) is 8.51. The minimum Gasteiger partial charge on any atom is -0.353 e. The van der Waals surface area contributed by atoms with E-state index in [1.165, 1.54) is 0 Å². The SMILES string of the molecule is CN1CCC2(CC1)OC[C@@H](c1ncc(-c3ccc(-c4ccc(-c5cnc([C@@H]6CCCN6C(=O)[C@@H](c6ccccc6)N(C)C)[nH]5)cc4)cc3)[nH]1)N2C(=O)[C@H](NC(=O)C1CC1)c1ccccc1. The zero-order valence-electron chi connectivity index (χ0n) is 37.3. The van der Waals surface area contributed by atoms with Crippen LogP contribution in [0.4, 0.5) is 0 Å². The Hall–Kier alpha value is -6.41. The largest absolute Gasteiger partial charge is 0.353 e. The number of likely N-dealkylation sites (N-methyl/N-ethyl adjacent to an activating group) is 1. The molecule has 334 valence electrons. The quantitative estimate of drug-likeness (QED) is 0.114. The average Bonchev–Trinajstić information content (AvgIpc) is 3.69. The smallest absolute Gasteiger partial charge is 0.252 e. The lowest BCUT2D eigenvalue weighted by Crippen LogP contribution is -2.57. The maximum atomic E-state index is 14.9. The fourth-order valence-electron chi connectivity index (χ4n) is 10.0. The molecule has 6 aromatic rings. The van der Waals surface area contributed by atoms with Crippen LogP contribution in [-0.4, -0.2) is 110 Å². The van der Waals surface area contributed by atoms with Gasteiger partial charge in [0.25, 0.3) is 5.91 Å². The number of imidazole rings is 2. The molecule has 13 nitrogen and oxygen atoms in total. The number of benzene rings is 4. The fraction of sp³-hybridized carbons (Fsp3) is 0.365. The minimum atomic E-state index is -0.834. The Labute approximate surface area is 380 Å². The molecule has 3 amide bonds. The van der Waals surface area contributed by atoms with Crippen molar-refractivity contribution in [3.8, 4) is 33.6 Å². The number of likely N-dealkylation sites (tertiary alicyclic amines) is 2. The van der Waals surface area contributed by atoms with Crippen LogP contribution in [0.15, 0.2) is 122 Å². The molecule has 0 radical (unpaired) electrons. The summed E-state index contributed by atoms with van der Waals surface area (Å²) in [6, 6.07) is 34.6. The van der Waals surface area contributed by atoms with Crippen molar-refractivity contribution in [3.05, 3.63) is 144 Å². The minimum absolute atomic E-state index is 0.0397. The van der Waals surface area contributed by atoms with Gasteiger partial charge in [0.1, 0.15) is 35.5 Å². The number of H-pyrrole nitrogens is 2. The van der Waals surface area contributed by atoms with Gasteiger partial charge in [0.15, 0.2) is 0 Å². The van der Waals surface area contributed by atoms with Crippen LogP contribution >= 0.6 is 0 Å². The molecule has 1 saturated carbocycles. The van der Waals surface area contributed by atoms with Gasteiger partial charge in [-0.15, -0.1) is 0 Å². The third-order valence-corrected chi connectivity index (χ3v) is 13.8. The molecular weight excluding hydrogens is 815 g/mol. The third-order valence-electron chi connectivity index (χ3n) is 13.8. The number of nitrogens with one attached hydrogen (secondary N) is 3. The summed E-state index contributed by atoms with van der Waals surface area (Å²) in [7, 11) is 6.00. The van der Waals surface area contributed by atoms with Crippen LogP contribution in [0.3, 0.4) is 0 Å². The zero-order chi connectivity index (χ0) is 44.7. The fourth-order valence-corrected chi connectivity index (χ4v) is 10.0. The molecule has 10 rings (SSSR count). The Bertz CT molecular complexity index is 2620. The first-order chi connectivity index (χ1) is 31.7. The van der Waals surface area contributed by atoms with E-state index in [1.54, 1.807) is 0 Å². The molecule has 4 atom stereocenters. The Balaban J connectivity index is 0.841. The first-order valence-electron chi connectivity index (χ1n) is 23.0. The predicted molar refractivity (Wildman–Crippen MR) is 249 cm³/mol. The summed E-state index contributed by atoms with van der Waals surface area (Å²) >= 11 is 0. The Morgan fingerprint density at radius 2 is 1.23 bits per heavy atom. The van der Waals surface area contributed by atoms with Crippen LogP contribution < -0.4 is 5.32 Å². The molecule has 4 aromatic carbocycles. The van der Waals surface area contributed by atoms with Gasteiger partial charge >= 0.3 is 0 Å². The van der Waals surface area contributed by atoms with E-state index in [9.17, 15) is 14.4 Å². The molecule has 4 aliphatic rings. The molecule has 13 heteroatoms. The number of ether oxygens (including phenoxy) is 1. The number of carbonyl (C=O) groups excluding carboxylic acids is 3. The van der Waals surface area contributed by atoms with Gasteiger partial charge in [0.05, 0.1) is 36.4 Å². The number of rotatable bonds is 12. The van der Waals surface area contributed by atoms with Crippen molar-refractivity contribution in [2.45, 2.75) is 68.4 Å². The summed E-state index contributed by atoms with van der Waals surface area (Å²) in [5.74, 6) is 1.27. The Morgan fingerprint density at radius 3 is 1.78 bits per heavy atom. The first kappa shape index (κ1) is 42.5. The molecule has 3 saturated heterocycles. The summed E-state index contributed by atoms with van der Waals surface area (Å²) in [6.07, 6.45) is 8.52.